The SMILES string of the molecule is COC1CN(CCC(N)CO)CC1OC. The number of ether oxygens (including phenoxy) is 2. The molecule has 5 heteroatoms. The zero-order valence-corrected chi connectivity index (χ0v) is 9.56. The molecule has 3 N–H and O–H groups in total. The summed E-state index contributed by atoms with van der Waals surface area (Å²) in [7, 11) is 3.42. The minimum Gasteiger partial charge on any atom is -0.395 e. The van der Waals surface area contributed by atoms with E-state index in [0.717, 1.165) is 26.1 Å². The number of aliphatic hydroxyl groups excluding tert-OH is 1. The van der Waals surface area contributed by atoms with Crippen LogP contribution in [-0.2, 0) is 9.47 Å². The van der Waals surface area contributed by atoms with Crippen LogP contribution in [0.5, 0.6) is 0 Å². The van der Waals surface area contributed by atoms with Crippen molar-refractivity contribution in [2.24, 2.45) is 5.73 Å². The van der Waals surface area contributed by atoms with Gasteiger partial charge in [-0.15, -0.1) is 0 Å². The Hall–Kier alpha value is -0.200. The smallest absolute Gasteiger partial charge is 0.0971 e. The molecule has 0 amide bonds. The number of rotatable bonds is 6. The van der Waals surface area contributed by atoms with Crippen molar-refractivity contribution in [1.82, 2.24) is 4.90 Å². The van der Waals surface area contributed by atoms with E-state index in [9.17, 15) is 0 Å². The molecule has 15 heavy (non-hydrogen) atoms. The Bertz CT molecular complexity index is 168. The molecule has 3 atom stereocenters. The average molecular weight is 218 g/mol. The van der Waals surface area contributed by atoms with Crippen LogP contribution in [0.2, 0.25) is 0 Å². The van der Waals surface area contributed by atoms with Crippen molar-refractivity contribution >= 4 is 0 Å². The van der Waals surface area contributed by atoms with Gasteiger partial charge in [-0.3, -0.25) is 4.90 Å². The maximum Gasteiger partial charge on any atom is 0.0971 e. The van der Waals surface area contributed by atoms with Crippen molar-refractivity contribution in [2.45, 2.75) is 24.7 Å². The molecular weight excluding hydrogens is 196 g/mol. The van der Waals surface area contributed by atoms with Crippen LogP contribution in [0.15, 0.2) is 0 Å². The molecule has 0 radical (unpaired) electrons. The van der Waals surface area contributed by atoms with E-state index in [1.807, 2.05) is 0 Å². The van der Waals surface area contributed by atoms with E-state index in [-0.39, 0.29) is 24.9 Å². The minimum atomic E-state index is -0.118. The largest absolute Gasteiger partial charge is 0.395 e. The van der Waals surface area contributed by atoms with E-state index in [1.165, 1.54) is 0 Å². The van der Waals surface area contributed by atoms with E-state index in [0.29, 0.717) is 0 Å². The molecule has 1 fully saturated rings. The van der Waals surface area contributed by atoms with E-state index in [2.05, 4.69) is 4.90 Å². The molecule has 1 aliphatic rings. The van der Waals surface area contributed by atoms with Crippen LogP contribution in [0.1, 0.15) is 6.42 Å². The summed E-state index contributed by atoms with van der Waals surface area (Å²) in [6.07, 6.45) is 1.12. The summed E-state index contributed by atoms with van der Waals surface area (Å²) in [5.41, 5.74) is 5.65. The van der Waals surface area contributed by atoms with Crippen LogP contribution in [0.3, 0.4) is 0 Å². The fourth-order valence-corrected chi connectivity index (χ4v) is 1.89. The molecule has 1 heterocycles. The highest BCUT2D eigenvalue weighted by Gasteiger charge is 2.32. The first-order valence-electron chi connectivity index (χ1n) is 5.35. The van der Waals surface area contributed by atoms with Gasteiger partial charge < -0.3 is 20.3 Å². The molecular formula is C10H22N2O3. The molecule has 1 saturated heterocycles. The second kappa shape index (κ2) is 6.40. The van der Waals surface area contributed by atoms with Gasteiger partial charge >= 0.3 is 0 Å². The highest BCUT2D eigenvalue weighted by atomic mass is 16.5. The predicted octanol–water partition coefficient (Wildman–Crippen LogP) is -0.958. The highest BCUT2D eigenvalue weighted by molar-refractivity contribution is 4.85. The lowest BCUT2D eigenvalue weighted by Crippen LogP contribution is -2.32. The van der Waals surface area contributed by atoms with Gasteiger partial charge in [-0.2, -0.15) is 0 Å². The van der Waals surface area contributed by atoms with Crippen LogP contribution in [0.25, 0.3) is 0 Å². The van der Waals surface area contributed by atoms with E-state index < -0.39 is 0 Å². The molecule has 0 aromatic heterocycles. The number of aliphatic hydroxyl groups is 1. The van der Waals surface area contributed by atoms with Crippen molar-refractivity contribution in [2.75, 3.05) is 40.5 Å². The van der Waals surface area contributed by atoms with E-state index >= 15 is 0 Å². The fourth-order valence-electron chi connectivity index (χ4n) is 1.89. The van der Waals surface area contributed by atoms with Gasteiger partial charge in [-0.05, 0) is 13.0 Å². The molecule has 1 aliphatic heterocycles. The normalized spacial score (nSPS) is 29.6. The quantitative estimate of drug-likeness (QED) is 0.601. The highest BCUT2D eigenvalue weighted by Crippen LogP contribution is 2.15. The summed E-state index contributed by atoms with van der Waals surface area (Å²) in [6.45, 7) is 2.71. The Labute approximate surface area is 91.1 Å². The predicted molar refractivity (Wildman–Crippen MR) is 57.7 cm³/mol. The standard InChI is InChI=1S/C10H22N2O3/c1-14-9-5-12(6-10(9)15-2)4-3-8(11)7-13/h8-10,13H,3-7,11H2,1-2H3. The maximum atomic E-state index is 8.81. The Morgan fingerprint density at radius 2 is 1.87 bits per heavy atom. The van der Waals surface area contributed by atoms with Crippen LogP contribution in [0, 0.1) is 0 Å². The summed E-state index contributed by atoms with van der Waals surface area (Å²) in [6, 6.07) is -0.118. The summed E-state index contributed by atoms with van der Waals surface area (Å²) < 4.78 is 10.7. The monoisotopic (exact) mass is 218 g/mol. The first-order chi connectivity index (χ1) is 7.21. The van der Waals surface area contributed by atoms with Crippen molar-refractivity contribution < 1.29 is 14.6 Å². The number of hydrogen-bond donors (Lipinski definition) is 2. The lowest BCUT2D eigenvalue weighted by molar-refractivity contribution is -0.00461. The number of methoxy groups -OCH3 is 2. The van der Waals surface area contributed by atoms with Gasteiger partial charge in [0.15, 0.2) is 0 Å². The first-order valence-corrected chi connectivity index (χ1v) is 5.35. The zero-order valence-electron chi connectivity index (χ0n) is 9.56. The third kappa shape index (κ3) is 3.70. The first kappa shape index (κ1) is 12.9. The minimum absolute atomic E-state index is 0.0508. The molecule has 3 unspecified atom stereocenters. The molecule has 0 aromatic carbocycles. The Morgan fingerprint density at radius 3 is 2.27 bits per heavy atom. The molecule has 0 aliphatic carbocycles. The van der Waals surface area contributed by atoms with Crippen molar-refractivity contribution in [3.63, 3.8) is 0 Å². The third-order valence-corrected chi connectivity index (χ3v) is 2.95. The number of nitrogens with zero attached hydrogens (tertiary/aromatic N) is 1. The second-order valence-corrected chi connectivity index (χ2v) is 4.04. The van der Waals surface area contributed by atoms with Gasteiger partial charge in [0.05, 0.1) is 18.8 Å². The fraction of sp³-hybridized carbons (Fsp3) is 1.00. The van der Waals surface area contributed by atoms with E-state index in [1.54, 1.807) is 14.2 Å². The number of nitrogens with two attached hydrogens (primary N) is 1. The van der Waals surface area contributed by atoms with Crippen LogP contribution >= 0.6 is 0 Å². The molecule has 90 valence electrons. The lowest BCUT2D eigenvalue weighted by Gasteiger charge is -2.17. The van der Waals surface area contributed by atoms with Gasteiger partial charge in [0.2, 0.25) is 0 Å². The average Bonchev–Trinajstić information content (AvgIpc) is 2.68. The molecule has 1 rings (SSSR count). The number of hydrogen-bond acceptors (Lipinski definition) is 5. The maximum absolute atomic E-state index is 8.81. The molecule has 0 saturated carbocycles. The summed E-state index contributed by atoms with van der Waals surface area (Å²) in [5.74, 6) is 0. The van der Waals surface area contributed by atoms with Gasteiger partial charge in [-0.25, -0.2) is 0 Å². The molecule has 5 nitrogen and oxygen atoms in total. The van der Waals surface area contributed by atoms with Crippen molar-refractivity contribution in [3.05, 3.63) is 0 Å². The summed E-state index contributed by atoms with van der Waals surface area (Å²) in [4.78, 5) is 2.26. The van der Waals surface area contributed by atoms with Gasteiger partial charge in [-0.1, -0.05) is 0 Å². The third-order valence-electron chi connectivity index (χ3n) is 2.95. The van der Waals surface area contributed by atoms with Crippen LogP contribution < -0.4 is 5.73 Å². The van der Waals surface area contributed by atoms with Crippen LogP contribution in [0.4, 0.5) is 0 Å². The topological polar surface area (TPSA) is 68.0 Å². The van der Waals surface area contributed by atoms with Crippen molar-refractivity contribution in [1.29, 1.82) is 0 Å². The summed E-state index contributed by atoms with van der Waals surface area (Å²) in [5, 5.41) is 8.81. The lowest BCUT2D eigenvalue weighted by atomic mass is 10.2. The van der Waals surface area contributed by atoms with Crippen LogP contribution in [-0.4, -0.2) is 68.7 Å². The van der Waals surface area contributed by atoms with Gasteiger partial charge in [0.25, 0.3) is 0 Å². The number of likely N-dealkylation sites (tertiary alicyclic amines) is 1. The Balaban J connectivity index is 2.27. The van der Waals surface area contributed by atoms with Gasteiger partial charge in [0, 0.05) is 33.4 Å². The van der Waals surface area contributed by atoms with E-state index in [4.69, 9.17) is 20.3 Å². The zero-order chi connectivity index (χ0) is 11.3. The second-order valence-electron chi connectivity index (χ2n) is 4.04. The van der Waals surface area contributed by atoms with Gasteiger partial charge in [0.1, 0.15) is 0 Å². The Kier molecular flexibility index (Phi) is 5.49. The summed E-state index contributed by atoms with van der Waals surface area (Å²) >= 11 is 0. The Morgan fingerprint density at radius 1 is 1.33 bits per heavy atom. The molecule has 0 aromatic rings. The molecule has 0 bridgehead atoms. The molecule has 0 spiro atoms. The van der Waals surface area contributed by atoms with Crippen molar-refractivity contribution in [3.8, 4) is 0 Å².